The molecular formula is C12H9Cl2N3O3. The summed E-state index contributed by atoms with van der Waals surface area (Å²) in [5, 5.41) is 22.1. The van der Waals surface area contributed by atoms with Crippen molar-refractivity contribution in [2.45, 2.75) is 18.9 Å². The zero-order valence-electron chi connectivity index (χ0n) is 10.1. The van der Waals surface area contributed by atoms with Crippen molar-refractivity contribution in [2.24, 2.45) is 5.92 Å². The summed E-state index contributed by atoms with van der Waals surface area (Å²) in [5.74, 6) is -0.504. The van der Waals surface area contributed by atoms with Gasteiger partial charge in [-0.15, -0.1) is 0 Å². The maximum atomic E-state index is 12.1. The fourth-order valence-electron chi connectivity index (χ4n) is 1.75. The van der Waals surface area contributed by atoms with Crippen molar-refractivity contribution < 1.29 is 9.72 Å². The Morgan fingerprint density at radius 2 is 2.15 bits per heavy atom. The van der Waals surface area contributed by atoms with Gasteiger partial charge < -0.3 is 5.32 Å². The van der Waals surface area contributed by atoms with Gasteiger partial charge in [0.05, 0.1) is 26.6 Å². The lowest BCUT2D eigenvalue weighted by molar-refractivity contribution is -0.384. The number of hydrogen-bond donors (Lipinski definition) is 1. The zero-order valence-corrected chi connectivity index (χ0v) is 11.6. The number of halogens is 2. The highest BCUT2D eigenvalue weighted by Gasteiger charge is 2.33. The molecule has 1 N–H and O–H groups in total. The van der Waals surface area contributed by atoms with Gasteiger partial charge in [0.25, 0.3) is 11.6 Å². The standard InChI is InChI=1S/C12H9Cl2N3O3/c13-9-4-7(17(19)20)3-8(11(9)14)12(18)16-10(5-15)6-1-2-6/h3-4,6,10H,1-2H2,(H,16,18). The van der Waals surface area contributed by atoms with Crippen LogP contribution in [0, 0.1) is 27.4 Å². The van der Waals surface area contributed by atoms with E-state index in [0.717, 1.165) is 25.0 Å². The largest absolute Gasteiger partial charge is 0.336 e. The van der Waals surface area contributed by atoms with E-state index < -0.39 is 16.9 Å². The first-order valence-electron chi connectivity index (χ1n) is 5.78. The Morgan fingerprint density at radius 1 is 1.50 bits per heavy atom. The summed E-state index contributed by atoms with van der Waals surface area (Å²) >= 11 is 11.7. The van der Waals surface area contributed by atoms with E-state index in [2.05, 4.69) is 5.32 Å². The highest BCUT2D eigenvalue weighted by atomic mass is 35.5. The summed E-state index contributed by atoms with van der Waals surface area (Å²) in [6.07, 6.45) is 1.75. The van der Waals surface area contributed by atoms with E-state index in [4.69, 9.17) is 28.5 Å². The van der Waals surface area contributed by atoms with Crippen LogP contribution in [0.25, 0.3) is 0 Å². The molecule has 1 atom stereocenters. The lowest BCUT2D eigenvalue weighted by atomic mass is 10.1. The predicted molar refractivity (Wildman–Crippen MR) is 72.7 cm³/mol. The number of nitro groups is 1. The fraction of sp³-hybridized carbons (Fsp3) is 0.333. The van der Waals surface area contributed by atoms with Crippen LogP contribution in [-0.2, 0) is 0 Å². The van der Waals surface area contributed by atoms with Gasteiger partial charge in [0.2, 0.25) is 0 Å². The molecule has 1 amide bonds. The number of carbonyl (C=O) groups is 1. The number of non-ortho nitro benzene ring substituents is 1. The van der Waals surface area contributed by atoms with Crippen LogP contribution in [0.2, 0.25) is 10.0 Å². The van der Waals surface area contributed by atoms with Crippen molar-refractivity contribution in [3.8, 4) is 6.07 Å². The normalized spacial score (nSPS) is 15.2. The molecule has 0 saturated heterocycles. The number of hydrogen-bond acceptors (Lipinski definition) is 4. The summed E-state index contributed by atoms with van der Waals surface area (Å²) in [6.45, 7) is 0. The van der Waals surface area contributed by atoms with E-state index in [1.807, 2.05) is 6.07 Å². The molecule has 0 spiro atoms. The first-order valence-corrected chi connectivity index (χ1v) is 6.53. The number of rotatable bonds is 4. The summed E-state index contributed by atoms with van der Waals surface area (Å²) in [6, 6.07) is 3.50. The summed E-state index contributed by atoms with van der Waals surface area (Å²) in [7, 11) is 0. The Morgan fingerprint density at radius 3 is 2.65 bits per heavy atom. The molecule has 20 heavy (non-hydrogen) atoms. The van der Waals surface area contributed by atoms with Crippen LogP contribution in [0.4, 0.5) is 5.69 Å². The van der Waals surface area contributed by atoms with Gasteiger partial charge in [0, 0.05) is 12.1 Å². The molecule has 0 radical (unpaired) electrons. The molecule has 104 valence electrons. The average Bonchev–Trinajstić information content (AvgIpc) is 3.22. The Kier molecular flexibility index (Phi) is 4.12. The minimum atomic E-state index is -0.665. The van der Waals surface area contributed by atoms with Crippen LogP contribution < -0.4 is 5.32 Å². The van der Waals surface area contributed by atoms with Crippen LogP contribution in [0.15, 0.2) is 12.1 Å². The maximum absolute atomic E-state index is 12.1. The van der Waals surface area contributed by atoms with Crippen LogP contribution in [-0.4, -0.2) is 16.9 Å². The van der Waals surface area contributed by atoms with Crippen LogP contribution in [0.1, 0.15) is 23.2 Å². The van der Waals surface area contributed by atoms with Crippen LogP contribution in [0.5, 0.6) is 0 Å². The van der Waals surface area contributed by atoms with Crippen molar-refractivity contribution in [3.63, 3.8) is 0 Å². The van der Waals surface area contributed by atoms with Gasteiger partial charge in [-0.05, 0) is 18.8 Å². The molecule has 8 heteroatoms. The van der Waals surface area contributed by atoms with E-state index in [0.29, 0.717) is 0 Å². The monoisotopic (exact) mass is 313 g/mol. The van der Waals surface area contributed by atoms with Gasteiger partial charge in [-0.2, -0.15) is 5.26 Å². The smallest absolute Gasteiger partial charge is 0.271 e. The summed E-state index contributed by atoms with van der Waals surface area (Å²) in [4.78, 5) is 22.2. The molecule has 1 unspecified atom stereocenters. The SMILES string of the molecule is N#CC(NC(=O)c1cc([N+](=O)[O-])cc(Cl)c1Cl)C1CC1. The first-order chi connectivity index (χ1) is 9.43. The molecule has 2 rings (SSSR count). The number of nitrogens with one attached hydrogen (secondary N) is 1. The number of nitro benzene ring substituents is 1. The molecule has 0 aliphatic heterocycles. The molecule has 1 fully saturated rings. The van der Waals surface area contributed by atoms with Crippen LogP contribution in [0.3, 0.4) is 0 Å². The highest BCUT2D eigenvalue weighted by molar-refractivity contribution is 6.44. The average molecular weight is 314 g/mol. The maximum Gasteiger partial charge on any atom is 0.271 e. The topological polar surface area (TPSA) is 96.0 Å². The lowest BCUT2D eigenvalue weighted by Crippen LogP contribution is -2.35. The Labute approximate surface area is 124 Å². The molecule has 1 aromatic carbocycles. The molecule has 1 aliphatic carbocycles. The zero-order chi connectivity index (χ0) is 14.9. The van der Waals surface area contributed by atoms with E-state index in [-0.39, 0.29) is 27.2 Å². The second-order valence-corrected chi connectivity index (χ2v) is 5.25. The van der Waals surface area contributed by atoms with Gasteiger partial charge >= 0.3 is 0 Å². The lowest BCUT2D eigenvalue weighted by Gasteiger charge is -2.11. The molecule has 1 aromatic rings. The summed E-state index contributed by atoms with van der Waals surface area (Å²) < 4.78 is 0. The Bertz CT molecular complexity index is 623. The molecule has 1 saturated carbocycles. The molecule has 1 aliphatic rings. The second-order valence-electron chi connectivity index (χ2n) is 4.46. The van der Waals surface area contributed by atoms with E-state index in [1.165, 1.54) is 0 Å². The number of amides is 1. The number of carbonyl (C=O) groups excluding carboxylic acids is 1. The fourth-order valence-corrected chi connectivity index (χ4v) is 2.16. The third-order valence-electron chi connectivity index (χ3n) is 2.99. The minimum absolute atomic E-state index is 0.0674. The van der Waals surface area contributed by atoms with Gasteiger partial charge in [0.15, 0.2) is 0 Å². The van der Waals surface area contributed by atoms with Gasteiger partial charge in [-0.3, -0.25) is 14.9 Å². The van der Waals surface area contributed by atoms with Crippen LogP contribution >= 0.6 is 23.2 Å². The third kappa shape index (κ3) is 3.00. The summed E-state index contributed by atoms with van der Waals surface area (Å²) in [5.41, 5.74) is -0.434. The van der Waals surface area contributed by atoms with Gasteiger partial charge in [0.1, 0.15) is 6.04 Å². The number of nitriles is 1. The Balaban J connectivity index is 2.29. The minimum Gasteiger partial charge on any atom is -0.336 e. The number of nitrogens with zero attached hydrogens (tertiary/aromatic N) is 2. The van der Waals surface area contributed by atoms with Crippen molar-refractivity contribution in [3.05, 3.63) is 37.9 Å². The highest BCUT2D eigenvalue weighted by Crippen LogP contribution is 2.34. The third-order valence-corrected chi connectivity index (χ3v) is 3.79. The predicted octanol–water partition coefficient (Wildman–Crippen LogP) is 2.93. The molecular weight excluding hydrogens is 305 g/mol. The Hall–Kier alpha value is -1.84. The molecule has 0 bridgehead atoms. The van der Waals surface area contributed by atoms with Crippen molar-refractivity contribution >= 4 is 34.8 Å². The second kappa shape index (κ2) is 5.65. The van der Waals surface area contributed by atoms with Gasteiger partial charge in [-0.1, -0.05) is 23.2 Å². The van der Waals surface area contributed by atoms with E-state index in [1.54, 1.807) is 0 Å². The molecule has 6 nitrogen and oxygen atoms in total. The van der Waals surface area contributed by atoms with E-state index >= 15 is 0 Å². The quantitative estimate of drug-likeness (QED) is 0.682. The van der Waals surface area contributed by atoms with Crippen molar-refractivity contribution in [1.29, 1.82) is 5.26 Å². The number of benzene rings is 1. The van der Waals surface area contributed by atoms with Crippen molar-refractivity contribution in [2.75, 3.05) is 0 Å². The van der Waals surface area contributed by atoms with Gasteiger partial charge in [-0.25, -0.2) is 0 Å². The molecule has 0 heterocycles. The first kappa shape index (κ1) is 14.6. The molecule has 0 aromatic heterocycles. The van der Waals surface area contributed by atoms with Crippen molar-refractivity contribution in [1.82, 2.24) is 5.32 Å². The van der Waals surface area contributed by atoms with E-state index in [9.17, 15) is 14.9 Å².